The molecule has 1 aromatic carbocycles. The zero-order valence-corrected chi connectivity index (χ0v) is 81.0. The van der Waals surface area contributed by atoms with Gasteiger partial charge in [0.25, 0.3) is 6.10 Å². The van der Waals surface area contributed by atoms with Crippen molar-refractivity contribution in [2.24, 2.45) is 34.5 Å². The Morgan fingerprint density at radius 3 is 1.20 bits per heavy atom. The largest absolute Gasteiger partial charge is 0.478 e. The topological polar surface area (TPSA) is 300 Å². The average molecular weight is 1850 g/mol. The lowest BCUT2D eigenvalue weighted by atomic mass is 9.70. The first-order valence-corrected chi connectivity index (χ1v) is 44.1. The van der Waals surface area contributed by atoms with E-state index in [0.29, 0.717) is 86.7 Å². The average Bonchev–Trinajstić information content (AvgIpc) is 1.56. The molecule has 0 aliphatic heterocycles. The second kappa shape index (κ2) is 60.9. The quantitative estimate of drug-likeness (QED) is 0.0187. The van der Waals surface area contributed by atoms with Crippen LogP contribution in [0.3, 0.4) is 0 Å². The molecule has 4 atom stereocenters. The van der Waals surface area contributed by atoms with Crippen molar-refractivity contribution in [3.63, 3.8) is 0 Å². The third-order valence-electron chi connectivity index (χ3n) is 17.1. The Morgan fingerprint density at radius 2 is 0.921 bits per heavy atom. The van der Waals surface area contributed by atoms with E-state index in [0.717, 1.165) is 19.3 Å². The smallest absolute Gasteiger partial charge is 0.434 e. The highest BCUT2D eigenvalue weighted by molar-refractivity contribution is 6.76. The molecule has 728 valence electrons. The Kier molecular flexibility index (Phi) is 62.5. The van der Waals surface area contributed by atoms with E-state index < -0.39 is 87.4 Å². The van der Waals surface area contributed by atoms with Gasteiger partial charge in [0.2, 0.25) is 5.83 Å². The fourth-order valence-corrected chi connectivity index (χ4v) is 9.92. The second-order valence-corrected chi connectivity index (χ2v) is 40.4. The maximum absolute atomic E-state index is 12.1. The van der Waals surface area contributed by atoms with Crippen molar-refractivity contribution in [1.29, 1.82) is 0 Å². The number of hydrogen-bond donors (Lipinski definition) is 1. The number of aliphatic carboxylic acids is 1. The van der Waals surface area contributed by atoms with Crippen LogP contribution in [0.25, 0.3) is 0 Å². The molecule has 0 saturated heterocycles. The number of unbranched alkanes of at least 4 members (excludes halogenated alkanes) is 1. The third kappa shape index (κ3) is 62.1. The number of halogens is 11. The van der Waals surface area contributed by atoms with Gasteiger partial charge in [0, 0.05) is 55.6 Å². The SMILES string of the molecule is C=C(C)C(=O)O.C=C(C)C(=O)OC(C(C)C)C(C)C.C=C(C)C(=O)OC(C)(C)C.C=C(C)C(=O)OC(C)C.C=C(C)C(=O)OC1CC2CCC1(C)C2(C)C.C=C(C)C(=O)OCC(CC)CCCC.C=C(C)C(=O)OCC(F)(F)C(F)F.C=C(C)C(=O)OC[Si](C)(C)C.C=C(C)C(=O)Oc1ccc(C(C)(C)C)cc1.C=C(F)C(=O)OCC(=O)OC(C(F)(F)F)C(F)(F)F. The highest BCUT2D eigenvalue weighted by Crippen LogP contribution is 2.66. The molecule has 2 bridgehead atoms. The number of carbonyl (C=O) groups is 11. The van der Waals surface area contributed by atoms with Crippen molar-refractivity contribution in [3.8, 4) is 5.75 Å². The Balaban J connectivity index is -0.000000255. The van der Waals surface area contributed by atoms with E-state index in [9.17, 15) is 101 Å². The van der Waals surface area contributed by atoms with E-state index in [4.69, 9.17) is 38.3 Å². The van der Waals surface area contributed by atoms with Crippen LogP contribution in [0.4, 0.5) is 48.3 Å². The van der Waals surface area contributed by atoms with Crippen LogP contribution >= 0.6 is 0 Å². The van der Waals surface area contributed by atoms with Gasteiger partial charge < -0.3 is 52.5 Å². The molecule has 22 nitrogen and oxygen atoms in total. The summed E-state index contributed by atoms with van der Waals surface area (Å²) < 4.78 is 177. The number of esters is 10. The van der Waals surface area contributed by atoms with Crippen molar-refractivity contribution in [3.05, 3.63) is 152 Å². The minimum Gasteiger partial charge on any atom is -0.478 e. The van der Waals surface area contributed by atoms with E-state index in [-0.39, 0.29) is 82.1 Å². The molecular formula is C93H143F11O22Si. The number of benzene rings is 1. The molecule has 0 amide bonds. The predicted molar refractivity (Wildman–Crippen MR) is 471 cm³/mol. The van der Waals surface area contributed by atoms with Crippen molar-refractivity contribution < 1.29 is 154 Å². The van der Waals surface area contributed by atoms with Gasteiger partial charge in [-0.3, -0.25) is 0 Å². The highest BCUT2D eigenvalue weighted by atomic mass is 28.3. The predicted octanol–water partition coefficient (Wildman–Crippen LogP) is 23.0. The molecular weight excluding hydrogens is 1710 g/mol. The molecule has 2 aliphatic rings. The lowest BCUT2D eigenvalue weighted by Gasteiger charge is -2.38. The van der Waals surface area contributed by atoms with Gasteiger partial charge in [0.15, 0.2) is 13.2 Å². The number of fused-ring (bicyclic) bond motifs is 2. The second-order valence-electron chi connectivity index (χ2n) is 35.0. The number of hydrogen-bond acceptors (Lipinski definition) is 21. The van der Waals surface area contributed by atoms with E-state index in [1.807, 2.05) is 32.9 Å². The summed E-state index contributed by atoms with van der Waals surface area (Å²) in [4.78, 5) is 119. The van der Waals surface area contributed by atoms with Gasteiger partial charge in [-0.15, -0.1) is 0 Å². The zero-order chi connectivity index (χ0) is 102. The van der Waals surface area contributed by atoms with Crippen molar-refractivity contribution in [2.45, 2.75) is 305 Å². The highest BCUT2D eigenvalue weighted by Gasteiger charge is 2.63. The summed E-state index contributed by atoms with van der Waals surface area (Å²) in [7, 11) is -1.25. The van der Waals surface area contributed by atoms with Crippen LogP contribution in [0.2, 0.25) is 19.6 Å². The number of carboxylic acids is 1. The molecule has 0 aromatic heterocycles. The molecule has 4 unspecified atom stereocenters. The van der Waals surface area contributed by atoms with Gasteiger partial charge in [-0.2, -0.15) is 39.5 Å². The van der Waals surface area contributed by atoms with Crippen LogP contribution < -0.4 is 4.74 Å². The molecule has 1 aromatic rings. The minimum absolute atomic E-state index is 0.0100. The van der Waals surface area contributed by atoms with E-state index in [1.165, 1.54) is 45.1 Å². The van der Waals surface area contributed by atoms with Gasteiger partial charge in [-0.1, -0.05) is 200 Å². The molecule has 1 N–H and O–H groups in total. The molecule has 0 spiro atoms. The van der Waals surface area contributed by atoms with Crippen LogP contribution in [0.1, 0.15) is 231 Å². The summed E-state index contributed by atoms with van der Waals surface area (Å²) in [5, 5.41) is 7.89. The molecule has 2 aliphatic carbocycles. The van der Waals surface area contributed by atoms with Crippen LogP contribution in [0.15, 0.2) is 146 Å². The fourth-order valence-electron chi connectivity index (χ4n) is 9.36. The maximum atomic E-state index is 12.1. The lowest BCUT2D eigenvalue weighted by molar-refractivity contribution is -0.313. The fraction of sp³-hybridized carbons (Fsp3) is 0.602. The Labute approximate surface area is 746 Å². The summed E-state index contributed by atoms with van der Waals surface area (Å²) in [5.41, 5.74) is 4.64. The van der Waals surface area contributed by atoms with Gasteiger partial charge in [0.1, 0.15) is 23.6 Å². The van der Waals surface area contributed by atoms with Crippen molar-refractivity contribution in [2.75, 3.05) is 26.1 Å². The summed E-state index contributed by atoms with van der Waals surface area (Å²) in [6.45, 7) is 86.3. The van der Waals surface area contributed by atoms with E-state index in [1.54, 1.807) is 74.4 Å². The lowest BCUT2D eigenvalue weighted by Crippen LogP contribution is -2.46. The Bertz CT molecular complexity index is 3790. The maximum Gasteiger partial charge on any atom is 0.434 e. The van der Waals surface area contributed by atoms with Gasteiger partial charge in [-0.25, -0.2) is 61.5 Å². The minimum atomic E-state index is -5.89. The number of carboxylic acid groups (broad SMARTS) is 1. The molecule has 0 heterocycles. The first kappa shape index (κ1) is 130. The summed E-state index contributed by atoms with van der Waals surface area (Å²) in [6, 6.07) is 7.56. The summed E-state index contributed by atoms with van der Waals surface area (Å²) in [5.74, 6) is -11.6. The third-order valence-corrected chi connectivity index (χ3v) is 18.1. The van der Waals surface area contributed by atoms with Gasteiger partial charge in [-0.05, 0) is 175 Å². The Hall–Kier alpha value is -9.76. The number of carbonyl (C=O) groups excluding carboxylic acids is 10. The zero-order valence-electron chi connectivity index (χ0n) is 80.0. The molecule has 34 heteroatoms. The Morgan fingerprint density at radius 1 is 0.528 bits per heavy atom. The van der Waals surface area contributed by atoms with Crippen molar-refractivity contribution >= 4 is 73.7 Å². The monoisotopic (exact) mass is 1850 g/mol. The first-order valence-electron chi connectivity index (χ1n) is 40.4. The number of alkyl halides is 10. The van der Waals surface area contributed by atoms with Gasteiger partial charge >= 0.3 is 90.4 Å². The van der Waals surface area contributed by atoms with Crippen LogP contribution in [0.5, 0.6) is 5.75 Å². The van der Waals surface area contributed by atoms with Crippen molar-refractivity contribution in [1.82, 2.24) is 0 Å². The van der Waals surface area contributed by atoms with Crippen LogP contribution in [0, 0.1) is 34.5 Å². The van der Waals surface area contributed by atoms with E-state index >= 15 is 0 Å². The first-order chi connectivity index (χ1) is 57.0. The molecule has 127 heavy (non-hydrogen) atoms. The summed E-state index contributed by atoms with van der Waals surface area (Å²) in [6.07, 6.45) is -11.2. The molecule has 2 saturated carbocycles. The normalized spacial score (nSPS) is 14.7. The van der Waals surface area contributed by atoms with Crippen LogP contribution in [-0.4, -0.2) is 160 Å². The number of ether oxygens (including phenoxy) is 10. The molecule has 0 radical (unpaired) electrons. The molecule has 3 rings (SSSR count). The number of rotatable bonds is 30. The standard InChI is InChI=1S/C14H22O2.C14H18O2.C12H22O2.C11H20O2.C8H5F7O4.C8H16O2Si.C8H14O2.C7H8F4O2.C7H12O2.C4H6O2/c1-9(2)12(15)16-11-8-10-6-7-14(11,5)13(10,3)4;1-10(2)13(15)16-12-8-6-11(7-9-12)14(3,4)5;1-5-7-8-11(6-2)9-14-12(13)10(3)4;1-7(2)10(8(3)4)13-11(12)9(5)6;1-3(9)5(17)18-2-4(16)19-6(7(10,11)12)8(13,14)15;1-7(2)8(9)10-6-11(3,4)5;1-6(2)7(9)10-8(3,4)5;1-4(2)5(12)13-3-7(10,11)6(8)9;1-5(2)7(8)9-6(3)4;1-3(2)4(5)6/h10-11H,1,6-8H2,2-5H3;6-9H,1H2,2-5H3;11H,3,5-9H2,1-2,4H3;7-8,10H,5H2,1-4,6H3;6H,1-2H2;1,6H2,2-5H3;1H2,2-5H3;6H,1,3H2,2H3;6H,1H2,2-4H3;1H2,2H3,(H,5,6). The van der Waals surface area contributed by atoms with E-state index in [2.05, 4.69) is 183 Å². The van der Waals surface area contributed by atoms with Crippen LogP contribution in [-0.2, 0) is 101 Å². The van der Waals surface area contributed by atoms with Gasteiger partial charge in [0.05, 0.1) is 27.0 Å². The molecule has 2 fully saturated rings. The summed E-state index contributed by atoms with van der Waals surface area (Å²) >= 11 is 0.